The second-order valence-electron chi connectivity index (χ2n) is 2.92. The number of benzene rings is 1. The predicted molar refractivity (Wildman–Crippen MR) is 45.7 cm³/mol. The number of halogens is 1. The third-order valence-corrected chi connectivity index (χ3v) is 2.10. The molecule has 0 saturated carbocycles. The van der Waals surface area contributed by atoms with Gasteiger partial charge in [0.25, 0.3) is 0 Å². The normalized spacial score (nSPS) is 14.7. The average Bonchev–Trinajstić information content (AvgIpc) is 2.23. The Morgan fingerprint density at radius 1 is 1.50 bits per heavy atom. The molecule has 0 aromatic heterocycles. The molecule has 0 atom stereocenters. The highest BCUT2D eigenvalue weighted by Crippen LogP contribution is 2.28. The number of rotatable bonds is 2. The summed E-state index contributed by atoms with van der Waals surface area (Å²) in [6.07, 6.45) is 0. The van der Waals surface area contributed by atoms with E-state index in [0.717, 1.165) is 0 Å². The molecule has 0 bridgehead atoms. The molecule has 0 radical (unpaired) electrons. The molecule has 0 unspecified atom stereocenters. The van der Waals surface area contributed by atoms with Crippen molar-refractivity contribution in [2.75, 3.05) is 6.79 Å². The molecule has 1 aromatic rings. The highest BCUT2D eigenvalue weighted by molar-refractivity contribution is 5.41. The van der Waals surface area contributed by atoms with Crippen LogP contribution in [0.4, 0.5) is 4.39 Å². The van der Waals surface area contributed by atoms with Gasteiger partial charge in [0.2, 0.25) is 0 Å². The average molecular weight is 199 g/mol. The van der Waals surface area contributed by atoms with Crippen molar-refractivity contribution in [2.45, 2.75) is 13.2 Å². The first-order valence-corrected chi connectivity index (χ1v) is 4.15. The largest absolute Gasteiger partial charge is 0.467 e. The number of hydrogen-bond donors (Lipinski definition) is 1. The van der Waals surface area contributed by atoms with Gasteiger partial charge < -0.3 is 9.47 Å². The van der Waals surface area contributed by atoms with Crippen molar-refractivity contribution in [1.29, 1.82) is 0 Å². The van der Waals surface area contributed by atoms with Crippen LogP contribution in [-0.2, 0) is 22.8 Å². The van der Waals surface area contributed by atoms with Crippen molar-refractivity contribution in [1.82, 2.24) is 0 Å². The van der Waals surface area contributed by atoms with E-state index in [1.54, 1.807) is 6.07 Å². The molecule has 0 amide bonds. The minimum atomic E-state index is -0.358. The highest BCUT2D eigenvalue weighted by Gasteiger charge is 2.17. The Hall–Kier alpha value is -1.17. The molecular formula is C9H10FNO3. The van der Waals surface area contributed by atoms with E-state index in [-0.39, 0.29) is 19.2 Å². The molecule has 0 saturated heterocycles. The molecule has 76 valence electrons. The Balaban J connectivity index is 2.43. The van der Waals surface area contributed by atoms with E-state index in [1.165, 1.54) is 6.07 Å². The van der Waals surface area contributed by atoms with Crippen LogP contribution in [0.2, 0.25) is 0 Å². The topological polar surface area (TPSA) is 53.7 Å². The first-order valence-electron chi connectivity index (χ1n) is 4.15. The van der Waals surface area contributed by atoms with Crippen molar-refractivity contribution in [3.63, 3.8) is 0 Å². The van der Waals surface area contributed by atoms with Crippen LogP contribution in [0.5, 0.6) is 5.75 Å². The molecule has 2 N–H and O–H groups in total. The fourth-order valence-corrected chi connectivity index (χ4v) is 1.42. The maximum absolute atomic E-state index is 13.3. The van der Waals surface area contributed by atoms with Gasteiger partial charge in [-0.1, -0.05) is 0 Å². The van der Waals surface area contributed by atoms with Crippen LogP contribution >= 0.6 is 0 Å². The summed E-state index contributed by atoms with van der Waals surface area (Å²) >= 11 is 0. The van der Waals surface area contributed by atoms with Crippen molar-refractivity contribution in [3.05, 3.63) is 29.1 Å². The zero-order chi connectivity index (χ0) is 9.97. The van der Waals surface area contributed by atoms with Crippen LogP contribution in [-0.4, -0.2) is 6.79 Å². The van der Waals surface area contributed by atoms with Crippen LogP contribution in [0, 0.1) is 5.82 Å². The molecular weight excluding hydrogens is 189 g/mol. The van der Waals surface area contributed by atoms with Crippen molar-refractivity contribution in [2.24, 2.45) is 5.90 Å². The van der Waals surface area contributed by atoms with Gasteiger partial charge in [0.05, 0.1) is 13.2 Å². The standard InChI is InChI=1S/C9H10FNO3/c10-8-1-2-9-7(3-12-5-13-9)6(8)4-14-11/h1-2H,3-5,11H2. The number of ether oxygens (including phenoxy) is 2. The molecule has 4 nitrogen and oxygen atoms in total. The zero-order valence-corrected chi connectivity index (χ0v) is 7.46. The van der Waals surface area contributed by atoms with Crippen LogP contribution in [0.15, 0.2) is 12.1 Å². The molecule has 1 aromatic carbocycles. The van der Waals surface area contributed by atoms with E-state index in [2.05, 4.69) is 4.84 Å². The van der Waals surface area contributed by atoms with Gasteiger partial charge in [-0.05, 0) is 12.1 Å². The Bertz CT molecular complexity index is 343. The minimum Gasteiger partial charge on any atom is -0.467 e. The second kappa shape index (κ2) is 3.91. The van der Waals surface area contributed by atoms with E-state index in [1.807, 2.05) is 0 Å². The fourth-order valence-electron chi connectivity index (χ4n) is 1.42. The van der Waals surface area contributed by atoms with E-state index in [0.29, 0.717) is 23.5 Å². The van der Waals surface area contributed by atoms with Gasteiger partial charge in [0.15, 0.2) is 6.79 Å². The van der Waals surface area contributed by atoms with Gasteiger partial charge in [-0.2, -0.15) is 0 Å². The summed E-state index contributed by atoms with van der Waals surface area (Å²) in [5.74, 6) is 5.19. The Labute approximate surface area is 80.3 Å². The zero-order valence-electron chi connectivity index (χ0n) is 7.46. The highest BCUT2D eigenvalue weighted by atomic mass is 19.1. The second-order valence-corrected chi connectivity index (χ2v) is 2.92. The molecule has 14 heavy (non-hydrogen) atoms. The quantitative estimate of drug-likeness (QED) is 0.724. The Morgan fingerprint density at radius 3 is 3.14 bits per heavy atom. The summed E-state index contributed by atoms with van der Waals surface area (Å²) < 4.78 is 23.6. The van der Waals surface area contributed by atoms with Crippen molar-refractivity contribution >= 4 is 0 Å². The molecule has 2 rings (SSSR count). The summed E-state index contributed by atoms with van der Waals surface area (Å²) in [5.41, 5.74) is 1.06. The van der Waals surface area contributed by atoms with Crippen LogP contribution in [0.25, 0.3) is 0 Å². The van der Waals surface area contributed by atoms with Crippen molar-refractivity contribution in [3.8, 4) is 5.75 Å². The number of nitrogens with two attached hydrogens (primary N) is 1. The molecule has 5 heteroatoms. The first kappa shape index (κ1) is 9.39. The fraction of sp³-hybridized carbons (Fsp3) is 0.333. The molecule has 0 aliphatic carbocycles. The monoisotopic (exact) mass is 199 g/mol. The van der Waals surface area contributed by atoms with E-state index >= 15 is 0 Å². The van der Waals surface area contributed by atoms with Gasteiger partial charge in [0.1, 0.15) is 11.6 Å². The summed E-state index contributed by atoms with van der Waals surface area (Å²) in [4.78, 5) is 4.42. The predicted octanol–water partition coefficient (Wildman–Crippen LogP) is 1.08. The Morgan fingerprint density at radius 2 is 2.36 bits per heavy atom. The van der Waals surface area contributed by atoms with Gasteiger partial charge in [-0.15, -0.1) is 0 Å². The first-order chi connectivity index (χ1) is 6.83. The lowest BCUT2D eigenvalue weighted by atomic mass is 10.1. The molecule has 0 spiro atoms. The van der Waals surface area contributed by atoms with Crippen molar-refractivity contribution < 1.29 is 18.7 Å². The lowest BCUT2D eigenvalue weighted by molar-refractivity contribution is -0.0182. The third-order valence-electron chi connectivity index (χ3n) is 2.10. The molecule has 1 aliphatic heterocycles. The SMILES string of the molecule is NOCc1c(F)ccc2c1COCO2. The summed E-state index contributed by atoms with van der Waals surface area (Å²) in [6, 6.07) is 2.91. The minimum absolute atomic E-state index is 0.0156. The maximum atomic E-state index is 13.3. The number of fused-ring (bicyclic) bond motifs is 1. The van der Waals surface area contributed by atoms with Gasteiger partial charge >= 0.3 is 0 Å². The molecule has 1 heterocycles. The van der Waals surface area contributed by atoms with Crippen LogP contribution < -0.4 is 10.6 Å². The van der Waals surface area contributed by atoms with E-state index in [9.17, 15) is 4.39 Å². The number of hydrogen-bond acceptors (Lipinski definition) is 4. The van der Waals surface area contributed by atoms with Gasteiger partial charge in [-0.25, -0.2) is 10.3 Å². The summed E-state index contributed by atoms with van der Waals surface area (Å²) in [6.45, 7) is 0.537. The van der Waals surface area contributed by atoms with Crippen LogP contribution in [0.3, 0.4) is 0 Å². The van der Waals surface area contributed by atoms with E-state index < -0.39 is 0 Å². The maximum Gasteiger partial charge on any atom is 0.189 e. The third kappa shape index (κ3) is 1.57. The van der Waals surface area contributed by atoms with E-state index in [4.69, 9.17) is 15.4 Å². The van der Waals surface area contributed by atoms with Gasteiger partial charge in [0, 0.05) is 11.1 Å². The lowest BCUT2D eigenvalue weighted by Gasteiger charge is -2.20. The Kier molecular flexibility index (Phi) is 2.62. The van der Waals surface area contributed by atoms with Gasteiger partial charge in [-0.3, -0.25) is 4.84 Å². The smallest absolute Gasteiger partial charge is 0.189 e. The summed E-state index contributed by atoms with van der Waals surface area (Å²) in [7, 11) is 0. The lowest BCUT2D eigenvalue weighted by Crippen LogP contribution is -2.15. The summed E-state index contributed by atoms with van der Waals surface area (Å²) in [5, 5.41) is 0. The molecule has 0 fully saturated rings. The van der Waals surface area contributed by atoms with Crippen LogP contribution in [0.1, 0.15) is 11.1 Å². The molecule has 1 aliphatic rings.